The summed E-state index contributed by atoms with van der Waals surface area (Å²) < 4.78 is 29.5. The third kappa shape index (κ3) is 2.62. The van der Waals surface area contributed by atoms with E-state index in [-0.39, 0.29) is 11.1 Å². The van der Waals surface area contributed by atoms with Crippen LogP contribution in [-0.2, 0) is 16.6 Å². The van der Waals surface area contributed by atoms with Crippen molar-refractivity contribution in [2.24, 2.45) is 0 Å². The van der Waals surface area contributed by atoms with Crippen molar-refractivity contribution in [1.82, 2.24) is 19.6 Å². The maximum atomic E-state index is 12.4. The number of fused-ring (bicyclic) bond motifs is 2. The highest BCUT2D eigenvalue weighted by molar-refractivity contribution is 7.89. The second-order valence-corrected chi connectivity index (χ2v) is 7.50. The topological polar surface area (TPSA) is 76.0 Å². The van der Waals surface area contributed by atoms with Gasteiger partial charge in [-0.3, -0.25) is 0 Å². The Morgan fingerprint density at radius 1 is 1.40 bits per heavy atom. The summed E-state index contributed by atoms with van der Waals surface area (Å²) in [6.07, 6.45) is 5.69. The van der Waals surface area contributed by atoms with E-state index < -0.39 is 10.0 Å². The van der Waals surface area contributed by atoms with Gasteiger partial charge in [-0.25, -0.2) is 18.1 Å². The zero-order valence-corrected chi connectivity index (χ0v) is 12.8. The molecule has 0 aromatic carbocycles. The highest BCUT2D eigenvalue weighted by Crippen LogP contribution is 2.27. The lowest BCUT2D eigenvalue weighted by Gasteiger charge is -2.29. The molecule has 1 aromatic rings. The molecule has 0 saturated carbocycles. The predicted molar refractivity (Wildman–Crippen MR) is 75.9 cm³/mol. The molecule has 112 valence electrons. The van der Waals surface area contributed by atoms with Gasteiger partial charge in [0.1, 0.15) is 5.82 Å². The minimum atomic E-state index is -3.50. The minimum absolute atomic E-state index is 0.0332. The molecule has 0 radical (unpaired) electrons. The molecule has 2 unspecified atom stereocenters. The Balaban J connectivity index is 1.75. The number of rotatable bonds is 4. The fraction of sp³-hybridized carbons (Fsp3) is 0.769. The fourth-order valence-corrected chi connectivity index (χ4v) is 4.63. The van der Waals surface area contributed by atoms with Gasteiger partial charge in [0.15, 0.2) is 5.03 Å². The van der Waals surface area contributed by atoms with Crippen LogP contribution in [0.1, 0.15) is 38.4 Å². The Bertz CT molecular complexity index is 584. The summed E-state index contributed by atoms with van der Waals surface area (Å²) in [6.45, 7) is 4.53. The molecule has 2 bridgehead atoms. The van der Waals surface area contributed by atoms with Crippen LogP contribution in [0, 0.1) is 6.92 Å². The van der Waals surface area contributed by atoms with E-state index in [2.05, 4.69) is 15.0 Å². The van der Waals surface area contributed by atoms with Crippen LogP contribution in [0.3, 0.4) is 0 Å². The lowest BCUT2D eigenvalue weighted by Crippen LogP contribution is -2.47. The monoisotopic (exact) mass is 298 g/mol. The van der Waals surface area contributed by atoms with Crippen molar-refractivity contribution in [3.05, 3.63) is 12.0 Å². The molecular formula is C13H22N4O2S. The number of imidazole rings is 1. The number of nitrogens with one attached hydrogen (secondary N) is 2. The van der Waals surface area contributed by atoms with E-state index in [1.54, 1.807) is 6.20 Å². The third-order valence-corrected chi connectivity index (χ3v) is 5.76. The average Bonchev–Trinajstić information content (AvgIpc) is 2.92. The van der Waals surface area contributed by atoms with Gasteiger partial charge in [-0.05, 0) is 39.5 Å². The first-order valence-corrected chi connectivity index (χ1v) is 8.78. The normalized spacial score (nSPS) is 29.8. The first-order valence-electron chi connectivity index (χ1n) is 7.30. The molecule has 3 rings (SSSR count). The summed E-state index contributed by atoms with van der Waals surface area (Å²) in [5.74, 6) is 0.734. The van der Waals surface area contributed by atoms with E-state index >= 15 is 0 Å². The van der Waals surface area contributed by atoms with Crippen LogP contribution in [0.15, 0.2) is 11.2 Å². The van der Waals surface area contributed by atoms with Crippen LogP contribution in [0.4, 0.5) is 0 Å². The number of aromatic nitrogens is 2. The maximum absolute atomic E-state index is 12.4. The molecule has 2 atom stereocenters. The summed E-state index contributed by atoms with van der Waals surface area (Å²) >= 11 is 0. The molecule has 7 heteroatoms. The summed E-state index contributed by atoms with van der Waals surface area (Å²) in [7, 11) is -3.50. The highest BCUT2D eigenvalue weighted by atomic mass is 32.2. The third-order valence-electron chi connectivity index (χ3n) is 4.36. The molecule has 2 aliphatic rings. The zero-order chi connectivity index (χ0) is 14.3. The van der Waals surface area contributed by atoms with Crippen molar-refractivity contribution in [2.75, 3.05) is 0 Å². The number of hydrogen-bond acceptors (Lipinski definition) is 4. The fourth-order valence-electron chi connectivity index (χ4n) is 3.36. The van der Waals surface area contributed by atoms with E-state index in [4.69, 9.17) is 0 Å². The van der Waals surface area contributed by atoms with Crippen molar-refractivity contribution < 1.29 is 8.42 Å². The molecule has 2 aliphatic heterocycles. The largest absolute Gasteiger partial charge is 0.334 e. The van der Waals surface area contributed by atoms with Gasteiger partial charge in [0, 0.05) is 30.9 Å². The standard InChI is InChI=1S/C13H22N4O2S/c1-3-17-8-13(14-9(17)2)20(18,19)16-12-6-10-4-5-11(7-12)15-10/h8,10-12,15-16H,3-7H2,1-2H3. The number of piperidine rings is 1. The second kappa shape index (κ2) is 5.13. The smallest absolute Gasteiger partial charge is 0.259 e. The average molecular weight is 298 g/mol. The summed E-state index contributed by atoms with van der Waals surface area (Å²) in [5.41, 5.74) is 0. The Morgan fingerprint density at radius 2 is 2.05 bits per heavy atom. The van der Waals surface area contributed by atoms with Gasteiger partial charge in [0.2, 0.25) is 0 Å². The van der Waals surface area contributed by atoms with E-state index in [1.807, 2.05) is 18.4 Å². The lowest BCUT2D eigenvalue weighted by atomic mass is 10.0. The molecule has 0 aliphatic carbocycles. The van der Waals surface area contributed by atoms with E-state index in [0.29, 0.717) is 12.1 Å². The van der Waals surface area contributed by atoms with Gasteiger partial charge in [-0.15, -0.1) is 0 Å². The van der Waals surface area contributed by atoms with Gasteiger partial charge in [0.05, 0.1) is 0 Å². The molecule has 1 aromatic heterocycles. The molecule has 0 spiro atoms. The second-order valence-electron chi connectivity index (χ2n) is 5.84. The number of nitrogens with zero attached hydrogens (tertiary/aromatic N) is 2. The van der Waals surface area contributed by atoms with Gasteiger partial charge < -0.3 is 9.88 Å². The molecule has 2 saturated heterocycles. The highest BCUT2D eigenvalue weighted by Gasteiger charge is 2.35. The lowest BCUT2D eigenvalue weighted by molar-refractivity contribution is 0.345. The van der Waals surface area contributed by atoms with Crippen LogP contribution < -0.4 is 10.0 Å². The van der Waals surface area contributed by atoms with Crippen LogP contribution in [0.2, 0.25) is 0 Å². The predicted octanol–water partition coefficient (Wildman–Crippen LogP) is 0.773. The van der Waals surface area contributed by atoms with Crippen molar-refractivity contribution >= 4 is 10.0 Å². The summed E-state index contributed by atoms with van der Waals surface area (Å²) in [4.78, 5) is 4.17. The van der Waals surface area contributed by atoms with Crippen LogP contribution in [0.25, 0.3) is 0 Å². The zero-order valence-electron chi connectivity index (χ0n) is 12.0. The Morgan fingerprint density at radius 3 is 2.60 bits per heavy atom. The van der Waals surface area contributed by atoms with Crippen LogP contribution in [-0.4, -0.2) is 36.1 Å². The molecule has 20 heavy (non-hydrogen) atoms. The van der Waals surface area contributed by atoms with Crippen molar-refractivity contribution in [3.8, 4) is 0 Å². The number of sulfonamides is 1. The summed E-state index contributed by atoms with van der Waals surface area (Å²) in [5, 5.41) is 3.66. The van der Waals surface area contributed by atoms with E-state index in [9.17, 15) is 8.42 Å². The first kappa shape index (κ1) is 14.0. The summed E-state index contributed by atoms with van der Waals surface area (Å²) in [6, 6.07) is 0.971. The first-order chi connectivity index (χ1) is 9.48. The number of aryl methyl sites for hydroxylation is 2. The van der Waals surface area contributed by atoms with Crippen molar-refractivity contribution in [2.45, 2.75) is 69.2 Å². The van der Waals surface area contributed by atoms with E-state index in [0.717, 1.165) is 38.1 Å². The Labute approximate surface area is 120 Å². The van der Waals surface area contributed by atoms with Gasteiger partial charge in [0.25, 0.3) is 10.0 Å². The van der Waals surface area contributed by atoms with Crippen molar-refractivity contribution in [1.29, 1.82) is 0 Å². The van der Waals surface area contributed by atoms with Crippen LogP contribution >= 0.6 is 0 Å². The Hall–Kier alpha value is -0.920. The quantitative estimate of drug-likeness (QED) is 0.861. The molecule has 2 fully saturated rings. The van der Waals surface area contributed by atoms with Crippen molar-refractivity contribution in [3.63, 3.8) is 0 Å². The molecule has 6 nitrogen and oxygen atoms in total. The molecule has 0 amide bonds. The molecule has 2 N–H and O–H groups in total. The molecular weight excluding hydrogens is 276 g/mol. The van der Waals surface area contributed by atoms with Gasteiger partial charge >= 0.3 is 0 Å². The van der Waals surface area contributed by atoms with Gasteiger partial charge in [-0.2, -0.15) is 0 Å². The SMILES string of the molecule is CCn1cc(S(=O)(=O)NC2CC3CCC(C2)N3)nc1C. The van der Waals surface area contributed by atoms with Crippen LogP contribution in [0.5, 0.6) is 0 Å². The maximum Gasteiger partial charge on any atom is 0.259 e. The number of hydrogen-bond donors (Lipinski definition) is 2. The minimum Gasteiger partial charge on any atom is -0.334 e. The van der Waals surface area contributed by atoms with E-state index in [1.165, 1.54) is 0 Å². The Kier molecular flexibility index (Phi) is 3.60. The molecule has 3 heterocycles. The van der Waals surface area contributed by atoms with Gasteiger partial charge in [-0.1, -0.05) is 0 Å².